The summed E-state index contributed by atoms with van der Waals surface area (Å²) in [5.41, 5.74) is 0. The Hall–Kier alpha value is -3.07. The minimum atomic E-state index is -4.71. The van der Waals surface area contributed by atoms with Gasteiger partial charge in [0, 0.05) is 12.8 Å². The van der Waals surface area contributed by atoms with E-state index in [9.17, 15) is 19.0 Å². The van der Waals surface area contributed by atoms with Crippen LogP contribution in [0.25, 0.3) is 0 Å². The van der Waals surface area contributed by atoms with Crippen LogP contribution in [0.1, 0.15) is 207 Å². The fraction of sp³-hybridized carbons (Fsp3) is 0.690. The Morgan fingerprint density at radius 2 is 0.971 bits per heavy atom. The van der Waals surface area contributed by atoms with E-state index in [0.29, 0.717) is 23.9 Å². The lowest BCUT2D eigenvalue weighted by Gasteiger charge is -2.30. The second-order valence-electron chi connectivity index (χ2n) is 19.0. The van der Waals surface area contributed by atoms with Gasteiger partial charge in [-0.3, -0.25) is 14.2 Å². The fourth-order valence-electron chi connectivity index (χ4n) is 7.06. The molecule has 0 radical (unpaired) electrons. The van der Waals surface area contributed by atoms with Crippen LogP contribution in [0.15, 0.2) is 97.2 Å². The van der Waals surface area contributed by atoms with Crippen LogP contribution in [0.5, 0.6) is 0 Å². The van der Waals surface area contributed by atoms with Crippen LogP contribution in [-0.4, -0.2) is 69.4 Å². The summed E-state index contributed by atoms with van der Waals surface area (Å²) in [7, 11) is 1.13. The van der Waals surface area contributed by atoms with E-state index in [4.69, 9.17) is 13.8 Å². The molecule has 390 valence electrons. The predicted molar refractivity (Wildman–Crippen MR) is 288 cm³/mol. The van der Waals surface area contributed by atoms with E-state index in [2.05, 4.69) is 99.0 Å². The van der Waals surface area contributed by atoms with Crippen LogP contribution in [0.4, 0.5) is 0 Å². The zero-order valence-electron chi connectivity index (χ0n) is 44.3. The molecule has 0 aliphatic rings. The number of hydrogen-bond donors (Lipinski definition) is 1. The van der Waals surface area contributed by atoms with Crippen LogP contribution < -0.4 is 10.2 Å². The molecule has 68 heavy (non-hydrogen) atoms. The largest absolute Gasteiger partial charge is 0.756 e. The number of phosphoric ester groups is 1. The lowest BCUT2D eigenvalue weighted by Crippen LogP contribution is -2.47. The quantitative estimate of drug-likeness (QED) is 0.0212. The lowest BCUT2D eigenvalue weighted by molar-refractivity contribution is -0.870. The number of allylic oxidation sites excluding steroid dienone is 15. The standard InChI is InChI=1S/C58H101N2O7P/c1-7-10-13-16-19-22-25-27-28-29-30-31-32-33-36-39-42-45-48-51-58(62)67-56(49-46-43-40-37-35-26-23-20-17-14-11-8-2)55(54-66-68(63,64)65-53-52-60(4,5)6)59-57(61)50-47-44-41-38-34-24-21-18-15-12-9-3/h10,13,18-19,21-22,27-28,30-31,33,36,42,45-46,49,55-56H,7-9,11-12,14-17,20,23-26,29,32,34-35,37-41,43-44,47-48,50-54H2,1-6H3,(H-,59,61,63,64)/b13-10-,21-18-,22-19-,28-27-,31-30-,36-33-,45-42-,49-46-. The summed E-state index contributed by atoms with van der Waals surface area (Å²) >= 11 is 0. The first-order chi connectivity index (χ1) is 32.9. The Balaban J connectivity index is 5.51. The SMILES string of the molecule is CC/C=C\C/C=C\C/C=C\C/C=C\C/C=C\C/C=C\CCC(=O)OC(/C=C\CCCCCCCCCCCC)C(COP(=O)([O-])OCC[N+](C)(C)C)NC(=O)CCCCCCC/C=C\CCCC. The Morgan fingerprint density at radius 1 is 0.529 bits per heavy atom. The van der Waals surface area contributed by atoms with Gasteiger partial charge in [0.25, 0.3) is 7.82 Å². The number of carbonyl (C=O) groups excluding carboxylic acids is 2. The minimum Gasteiger partial charge on any atom is -0.756 e. The van der Waals surface area contributed by atoms with Crippen LogP contribution >= 0.6 is 7.82 Å². The van der Waals surface area contributed by atoms with Crippen LogP contribution in [0.2, 0.25) is 0 Å². The molecule has 0 aromatic carbocycles. The number of nitrogens with zero attached hydrogens (tertiary/aromatic N) is 1. The number of phosphoric acid groups is 1. The lowest BCUT2D eigenvalue weighted by atomic mass is 10.0. The van der Waals surface area contributed by atoms with Gasteiger partial charge in [0.2, 0.25) is 5.91 Å². The third-order valence-corrected chi connectivity index (χ3v) is 12.2. The summed E-state index contributed by atoms with van der Waals surface area (Å²) < 4.78 is 30.1. The molecular weight excluding hydrogens is 868 g/mol. The van der Waals surface area contributed by atoms with Gasteiger partial charge < -0.3 is 28.5 Å². The van der Waals surface area contributed by atoms with Gasteiger partial charge >= 0.3 is 5.97 Å². The molecule has 0 aromatic rings. The summed E-state index contributed by atoms with van der Waals surface area (Å²) in [6.07, 6.45) is 62.5. The number of hydrogen-bond acceptors (Lipinski definition) is 7. The second-order valence-corrected chi connectivity index (χ2v) is 20.4. The number of ether oxygens (including phenoxy) is 1. The highest BCUT2D eigenvalue weighted by Crippen LogP contribution is 2.38. The van der Waals surface area contributed by atoms with Crippen molar-refractivity contribution in [3.05, 3.63) is 97.2 Å². The first kappa shape index (κ1) is 64.9. The molecule has 1 N–H and O–H groups in total. The van der Waals surface area contributed by atoms with E-state index in [0.717, 1.165) is 96.3 Å². The maximum atomic E-state index is 13.4. The molecule has 0 saturated carbocycles. The van der Waals surface area contributed by atoms with E-state index in [1.165, 1.54) is 64.2 Å². The number of carbonyl (C=O) groups is 2. The highest BCUT2D eigenvalue weighted by Gasteiger charge is 2.27. The molecule has 0 aliphatic carbocycles. The van der Waals surface area contributed by atoms with Crippen LogP contribution in [0, 0.1) is 0 Å². The van der Waals surface area contributed by atoms with Gasteiger partial charge in [0.15, 0.2) is 0 Å². The third-order valence-electron chi connectivity index (χ3n) is 11.3. The van der Waals surface area contributed by atoms with E-state index in [1.54, 1.807) is 6.08 Å². The summed E-state index contributed by atoms with van der Waals surface area (Å²) in [4.78, 5) is 39.7. The summed E-state index contributed by atoms with van der Waals surface area (Å²) in [5.74, 6) is -0.659. The van der Waals surface area contributed by atoms with Gasteiger partial charge in [-0.25, -0.2) is 0 Å². The van der Waals surface area contributed by atoms with Crippen LogP contribution in [0.3, 0.4) is 0 Å². The molecule has 0 aromatic heterocycles. The first-order valence-electron chi connectivity index (χ1n) is 27.0. The van der Waals surface area contributed by atoms with Crippen molar-refractivity contribution in [2.45, 2.75) is 219 Å². The molecule has 0 saturated heterocycles. The average Bonchev–Trinajstić information content (AvgIpc) is 3.29. The Labute approximate surface area is 418 Å². The van der Waals surface area contributed by atoms with Gasteiger partial charge in [-0.15, -0.1) is 0 Å². The molecule has 1 amide bonds. The van der Waals surface area contributed by atoms with Crippen LogP contribution in [-0.2, 0) is 27.9 Å². The van der Waals surface area contributed by atoms with E-state index >= 15 is 0 Å². The van der Waals surface area contributed by atoms with Gasteiger partial charge in [0.1, 0.15) is 19.3 Å². The summed E-state index contributed by atoms with van der Waals surface area (Å²) in [6.45, 7) is 6.60. The van der Waals surface area contributed by atoms with Crippen molar-refractivity contribution in [2.75, 3.05) is 40.9 Å². The Bertz CT molecular complexity index is 1490. The van der Waals surface area contributed by atoms with Crippen molar-refractivity contribution in [3.63, 3.8) is 0 Å². The fourth-order valence-corrected chi connectivity index (χ4v) is 7.78. The summed E-state index contributed by atoms with van der Waals surface area (Å²) in [5, 5.41) is 2.98. The number of esters is 1. The highest BCUT2D eigenvalue weighted by atomic mass is 31.2. The van der Waals surface area contributed by atoms with Crippen molar-refractivity contribution in [2.24, 2.45) is 0 Å². The molecular formula is C58H101N2O7P. The average molecular weight is 969 g/mol. The van der Waals surface area contributed by atoms with Gasteiger partial charge in [0.05, 0.1) is 33.8 Å². The predicted octanol–water partition coefficient (Wildman–Crippen LogP) is 15.4. The van der Waals surface area contributed by atoms with Gasteiger partial charge in [-0.05, 0) is 89.5 Å². The molecule has 0 spiro atoms. The Kier molecular flexibility index (Phi) is 45.5. The van der Waals surface area contributed by atoms with Crippen molar-refractivity contribution >= 4 is 19.7 Å². The first-order valence-corrected chi connectivity index (χ1v) is 28.5. The molecule has 0 rings (SSSR count). The zero-order valence-corrected chi connectivity index (χ0v) is 45.2. The molecule has 0 heterocycles. The van der Waals surface area contributed by atoms with E-state index in [1.807, 2.05) is 39.4 Å². The summed E-state index contributed by atoms with van der Waals surface area (Å²) in [6, 6.07) is -0.926. The van der Waals surface area contributed by atoms with Crippen molar-refractivity contribution in [3.8, 4) is 0 Å². The molecule has 10 heteroatoms. The zero-order chi connectivity index (χ0) is 50.1. The second kappa shape index (κ2) is 47.6. The highest BCUT2D eigenvalue weighted by molar-refractivity contribution is 7.45. The molecule has 0 aliphatic heterocycles. The maximum absolute atomic E-state index is 13.4. The number of likely N-dealkylation sites (N-methyl/N-ethyl adjacent to an activating group) is 1. The minimum absolute atomic E-state index is 0.0395. The molecule has 0 fully saturated rings. The van der Waals surface area contributed by atoms with Crippen molar-refractivity contribution in [1.29, 1.82) is 0 Å². The molecule has 9 nitrogen and oxygen atoms in total. The molecule has 3 unspecified atom stereocenters. The van der Waals surface area contributed by atoms with Crippen molar-refractivity contribution < 1.29 is 37.3 Å². The Morgan fingerprint density at radius 3 is 1.49 bits per heavy atom. The number of unbranched alkanes of at least 4 members (excludes halogenated alkanes) is 17. The van der Waals surface area contributed by atoms with Crippen molar-refractivity contribution in [1.82, 2.24) is 5.32 Å². The topological polar surface area (TPSA) is 114 Å². The maximum Gasteiger partial charge on any atom is 0.306 e. The normalized spacial score (nSPS) is 14.6. The van der Waals surface area contributed by atoms with E-state index in [-0.39, 0.29) is 25.4 Å². The monoisotopic (exact) mass is 969 g/mol. The number of nitrogens with one attached hydrogen (secondary N) is 1. The number of amides is 1. The smallest absolute Gasteiger partial charge is 0.306 e. The van der Waals surface area contributed by atoms with Gasteiger partial charge in [-0.2, -0.15) is 0 Å². The molecule has 0 bridgehead atoms. The van der Waals surface area contributed by atoms with E-state index < -0.39 is 32.5 Å². The number of rotatable bonds is 47. The number of quaternary nitrogens is 1. The molecule has 3 atom stereocenters. The van der Waals surface area contributed by atoms with Gasteiger partial charge in [-0.1, -0.05) is 202 Å². The third kappa shape index (κ3) is 48.0.